The number of hydrogen-bond acceptors (Lipinski definition) is 3. The molecule has 0 bridgehead atoms. The molecule has 1 N–H and O–H groups in total. The van der Waals surface area contributed by atoms with Crippen LogP contribution < -0.4 is 0 Å². The second-order valence-electron chi connectivity index (χ2n) is 3.81. The van der Waals surface area contributed by atoms with E-state index in [0.29, 0.717) is 6.61 Å². The first-order chi connectivity index (χ1) is 7.26. The van der Waals surface area contributed by atoms with E-state index in [1.165, 1.54) is 0 Å². The van der Waals surface area contributed by atoms with E-state index >= 15 is 0 Å². The summed E-state index contributed by atoms with van der Waals surface area (Å²) < 4.78 is 5.03. The summed E-state index contributed by atoms with van der Waals surface area (Å²) >= 11 is 0. The Morgan fingerprint density at radius 1 is 1.20 bits per heavy atom. The molecule has 0 spiro atoms. The van der Waals surface area contributed by atoms with Crippen LogP contribution in [0, 0.1) is 5.92 Å². The number of carbonyl (C=O) groups excluding carboxylic acids is 1. The summed E-state index contributed by atoms with van der Waals surface area (Å²) in [5, 5.41) is 8.68. The summed E-state index contributed by atoms with van der Waals surface area (Å²) in [4.78, 5) is 11.6. The lowest BCUT2D eigenvalue weighted by molar-refractivity contribution is -0.148. The Bertz CT molecular complexity index is 157. The van der Waals surface area contributed by atoms with E-state index in [9.17, 15) is 4.79 Å². The second-order valence-corrected chi connectivity index (χ2v) is 3.81. The van der Waals surface area contributed by atoms with Gasteiger partial charge >= 0.3 is 5.97 Å². The van der Waals surface area contributed by atoms with Gasteiger partial charge in [-0.1, -0.05) is 26.2 Å². The molecule has 0 aliphatic rings. The maximum atomic E-state index is 11.6. The van der Waals surface area contributed by atoms with Gasteiger partial charge in [0.2, 0.25) is 0 Å². The standard InChI is InChI=1S/C12H24O3/c1-3-5-8-11(9-6-7-10-13)12(14)15-4-2/h11,13H,3-10H2,1-2H3. The predicted molar refractivity (Wildman–Crippen MR) is 60.6 cm³/mol. The first-order valence-electron chi connectivity index (χ1n) is 6.03. The van der Waals surface area contributed by atoms with Gasteiger partial charge in [0.25, 0.3) is 0 Å². The molecule has 0 rings (SSSR count). The van der Waals surface area contributed by atoms with Crippen molar-refractivity contribution in [2.75, 3.05) is 13.2 Å². The molecule has 0 saturated heterocycles. The third-order valence-corrected chi connectivity index (χ3v) is 2.49. The summed E-state index contributed by atoms with van der Waals surface area (Å²) in [5.74, 6) is -0.0275. The van der Waals surface area contributed by atoms with E-state index in [1.807, 2.05) is 6.92 Å². The molecule has 0 fully saturated rings. The first kappa shape index (κ1) is 14.4. The third-order valence-electron chi connectivity index (χ3n) is 2.49. The van der Waals surface area contributed by atoms with Gasteiger partial charge < -0.3 is 9.84 Å². The predicted octanol–water partition coefficient (Wildman–Crippen LogP) is 2.52. The van der Waals surface area contributed by atoms with E-state index in [-0.39, 0.29) is 18.5 Å². The topological polar surface area (TPSA) is 46.5 Å². The van der Waals surface area contributed by atoms with Crippen molar-refractivity contribution >= 4 is 5.97 Å². The van der Waals surface area contributed by atoms with Gasteiger partial charge in [-0.25, -0.2) is 0 Å². The van der Waals surface area contributed by atoms with Gasteiger partial charge in [0.15, 0.2) is 0 Å². The minimum Gasteiger partial charge on any atom is -0.466 e. The van der Waals surface area contributed by atoms with Crippen LogP contribution in [0.3, 0.4) is 0 Å². The van der Waals surface area contributed by atoms with Crippen LogP contribution in [0.25, 0.3) is 0 Å². The quantitative estimate of drug-likeness (QED) is 0.476. The van der Waals surface area contributed by atoms with Crippen molar-refractivity contribution in [2.45, 2.75) is 52.4 Å². The lowest BCUT2D eigenvalue weighted by atomic mass is 9.96. The van der Waals surface area contributed by atoms with Gasteiger partial charge in [-0.2, -0.15) is 0 Å². The Labute approximate surface area is 92.8 Å². The molecule has 0 radical (unpaired) electrons. The summed E-state index contributed by atoms with van der Waals surface area (Å²) in [6, 6.07) is 0. The monoisotopic (exact) mass is 216 g/mol. The highest BCUT2D eigenvalue weighted by Crippen LogP contribution is 2.17. The lowest BCUT2D eigenvalue weighted by Gasteiger charge is -2.14. The minimum absolute atomic E-state index is 0.0384. The maximum Gasteiger partial charge on any atom is 0.308 e. The van der Waals surface area contributed by atoms with Crippen LogP contribution in [-0.2, 0) is 9.53 Å². The zero-order valence-electron chi connectivity index (χ0n) is 10.00. The van der Waals surface area contributed by atoms with Crippen molar-refractivity contribution < 1.29 is 14.6 Å². The SMILES string of the molecule is CCCCC(CCCCO)C(=O)OCC. The molecule has 0 aromatic rings. The Morgan fingerprint density at radius 2 is 1.87 bits per heavy atom. The zero-order chi connectivity index (χ0) is 11.5. The van der Waals surface area contributed by atoms with Crippen molar-refractivity contribution in [3.63, 3.8) is 0 Å². The lowest BCUT2D eigenvalue weighted by Crippen LogP contribution is -2.18. The average Bonchev–Trinajstić information content (AvgIpc) is 2.23. The van der Waals surface area contributed by atoms with Crippen LogP contribution in [0.4, 0.5) is 0 Å². The molecule has 0 aliphatic heterocycles. The summed E-state index contributed by atoms with van der Waals surface area (Å²) in [5.41, 5.74) is 0. The van der Waals surface area contributed by atoms with Gasteiger partial charge in [-0.15, -0.1) is 0 Å². The summed E-state index contributed by atoms with van der Waals surface area (Å²) in [6.45, 7) is 4.63. The molecular formula is C12H24O3. The number of esters is 1. The van der Waals surface area contributed by atoms with Crippen LogP contribution in [0.15, 0.2) is 0 Å². The number of ether oxygens (including phenoxy) is 1. The fraction of sp³-hybridized carbons (Fsp3) is 0.917. The Kier molecular flexibility index (Phi) is 9.59. The normalized spacial score (nSPS) is 12.5. The smallest absolute Gasteiger partial charge is 0.308 e. The fourth-order valence-corrected chi connectivity index (χ4v) is 1.59. The molecular weight excluding hydrogens is 192 g/mol. The van der Waals surface area contributed by atoms with Gasteiger partial charge in [-0.3, -0.25) is 4.79 Å². The number of aliphatic hydroxyl groups excluding tert-OH is 1. The molecule has 1 atom stereocenters. The molecule has 0 aromatic heterocycles. The first-order valence-corrected chi connectivity index (χ1v) is 6.03. The van der Waals surface area contributed by atoms with Crippen molar-refractivity contribution in [1.82, 2.24) is 0 Å². The molecule has 3 nitrogen and oxygen atoms in total. The highest BCUT2D eigenvalue weighted by Gasteiger charge is 2.18. The van der Waals surface area contributed by atoms with Crippen molar-refractivity contribution in [3.05, 3.63) is 0 Å². The number of hydrogen-bond donors (Lipinski definition) is 1. The Hall–Kier alpha value is -0.570. The van der Waals surface area contributed by atoms with Crippen molar-refractivity contribution in [2.24, 2.45) is 5.92 Å². The van der Waals surface area contributed by atoms with E-state index < -0.39 is 0 Å². The van der Waals surface area contributed by atoms with Crippen molar-refractivity contribution in [1.29, 1.82) is 0 Å². The number of aliphatic hydroxyl groups is 1. The maximum absolute atomic E-state index is 11.6. The number of rotatable bonds is 9. The summed E-state index contributed by atoms with van der Waals surface area (Å²) in [7, 11) is 0. The van der Waals surface area contributed by atoms with Crippen molar-refractivity contribution in [3.8, 4) is 0 Å². The van der Waals surface area contributed by atoms with Gasteiger partial charge in [0.05, 0.1) is 12.5 Å². The molecule has 0 aromatic carbocycles. The third kappa shape index (κ3) is 7.37. The molecule has 15 heavy (non-hydrogen) atoms. The Balaban J connectivity index is 3.87. The molecule has 0 saturated carbocycles. The van der Waals surface area contributed by atoms with Crippen LogP contribution in [0.2, 0.25) is 0 Å². The van der Waals surface area contributed by atoms with Gasteiger partial charge in [0, 0.05) is 6.61 Å². The number of unbranched alkanes of at least 4 members (excludes halogenated alkanes) is 2. The van der Waals surface area contributed by atoms with Crippen LogP contribution in [0.1, 0.15) is 52.4 Å². The fourth-order valence-electron chi connectivity index (χ4n) is 1.59. The highest BCUT2D eigenvalue weighted by molar-refractivity contribution is 5.72. The van der Waals surface area contributed by atoms with Crippen LogP contribution in [-0.4, -0.2) is 24.3 Å². The van der Waals surface area contributed by atoms with E-state index in [1.54, 1.807) is 0 Å². The zero-order valence-corrected chi connectivity index (χ0v) is 10.00. The minimum atomic E-state index is -0.0658. The van der Waals surface area contributed by atoms with Gasteiger partial charge in [-0.05, 0) is 26.2 Å². The molecule has 3 heteroatoms. The second kappa shape index (κ2) is 9.97. The van der Waals surface area contributed by atoms with E-state index in [0.717, 1.165) is 38.5 Å². The van der Waals surface area contributed by atoms with E-state index in [4.69, 9.17) is 9.84 Å². The summed E-state index contributed by atoms with van der Waals surface area (Å²) in [6.07, 6.45) is 5.63. The number of carbonyl (C=O) groups is 1. The molecule has 90 valence electrons. The Morgan fingerprint density at radius 3 is 2.40 bits per heavy atom. The molecule has 1 unspecified atom stereocenters. The molecule has 0 aliphatic carbocycles. The highest BCUT2D eigenvalue weighted by atomic mass is 16.5. The van der Waals surface area contributed by atoms with Crippen LogP contribution >= 0.6 is 0 Å². The largest absolute Gasteiger partial charge is 0.466 e. The average molecular weight is 216 g/mol. The van der Waals surface area contributed by atoms with Gasteiger partial charge in [0.1, 0.15) is 0 Å². The molecule has 0 amide bonds. The van der Waals surface area contributed by atoms with Crippen LogP contribution in [0.5, 0.6) is 0 Å². The molecule has 0 heterocycles. The van der Waals surface area contributed by atoms with E-state index in [2.05, 4.69) is 6.92 Å².